The van der Waals surface area contributed by atoms with Crippen LogP contribution in [0.1, 0.15) is 15.9 Å². The Labute approximate surface area is 188 Å². The fraction of sp³-hybridized carbons (Fsp3) is 0.208. The standard InChI is InChI=1S/C24H23N3O6/c1-27(2)14-7-10-16-17(11-14)33-23-20(26-16)18(24(30)32-4)19(21(28)22(23)29)25-12-13-5-8-15(31-3)9-6-13/h5-11,25-26H,12H2,1-4H3. The van der Waals surface area contributed by atoms with E-state index in [-0.39, 0.29) is 28.6 Å². The molecular weight excluding hydrogens is 426 g/mol. The summed E-state index contributed by atoms with van der Waals surface area (Å²) in [7, 11) is 6.52. The van der Waals surface area contributed by atoms with Crippen LogP contribution >= 0.6 is 0 Å². The lowest BCUT2D eigenvalue weighted by Crippen LogP contribution is -2.31. The van der Waals surface area contributed by atoms with Crippen LogP contribution in [0, 0.1) is 10.8 Å². The van der Waals surface area contributed by atoms with E-state index in [4.69, 9.17) is 13.9 Å². The predicted octanol–water partition coefficient (Wildman–Crippen LogP) is 2.68. The van der Waals surface area contributed by atoms with Crippen molar-refractivity contribution in [2.45, 2.75) is 6.54 Å². The summed E-state index contributed by atoms with van der Waals surface area (Å²) in [6.45, 7) is 0.199. The number of H-pyrrole nitrogens is 1. The van der Waals surface area contributed by atoms with Gasteiger partial charge in [0, 0.05) is 32.4 Å². The van der Waals surface area contributed by atoms with Crippen molar-refractivity contribution < 1.29 is 18.7 Å². The Balaban J connectivity index is 1.92. The van der Waals surface area contributed by atoms with Crippen LogP contribution in [0.5, 0.6) is 5.75 Å². The van der Waals surface area contributed by atoms with E-state index in [0.717, 1.165) is 11.3 Å². The molecule has 0 unspecified atom stereocenters. The first-order valence-corrected chi connectivity index (χ1v) is 10.1. The number of rotatable bonds is 6. The lowest BCUT2D eigenvalue weighted by Gasteiger charge is -2.14. The normalized spacial score (nSPS) is 10.9. The topological polar surface area (TPSA) is 114 Å². The number of esters is 1. The maximum absolute atomic E-state index is 13.0. The quantitative estimate of drug-likeness (QED) is 0.341. The fourth-order valence-corrected chi connectivity index (χ4v) is 3.53. The van der Waals surface area contributed by atoms with Gasteiger partial charge in [-0.15, -0.1) is 0 Å². The molecule has 1 aliphatic carbocycles. The van der Waals surface area contributed by atoms with Crippen molar-refractivity contribution >= 4 is 28.4 Å². The Hall–Kier alpha value is -4.27. The molecule has 0 atom stereocenters. The molecule has 33 heavy (non-hydrogen) atoms. The van der Waals surface area contributed by atoms with Gasteiger partial charge in [0.2, 0.25) is 5.42 Å². The summed E-state index contributed by atoms with van der Waals surface area (Å²) in [6, 6.07) is 12.5. The van der Waals surface area contributed by atoms with E-state index < -0.39 is 16.8 Å². The van der Waals surface area contributed by atoms with E-state index in [1.54, 1.807) is 31.4 Å². The molecule has 0 spiro atoms. The lowest BCUT2D eigenvalue weighted by molar-refractivity contribution is 0.0599. The highest BCUT2D eigenvalue weighted by Crippen LogP contribution is 2.22. The zero-order valence-corrected chi connectivity index (χ0v) is 18.6. The number of nitrogens with zero attached hydrogens (tertiary/aromatic N) is 1. The minimum Gasteiger partial charge on any atom is -0.497 e. The molecule has 0 saturated carbocycles. The molecule has 2 aromatic rings. The minimum atomic E-state index is -0.878. The van der Waals surface area contributed by atoms with Gasteiger partial charge in [-0.1, -0.05) is 12.1 Å². The van der Waals surface area contributed by atoms with Crippen LogP contribution in [-0.4, -0.2) is 39.3 Å². The molecule has 0 saturated heterocycles. The Morgan fingerprint density at radius 3 is 2.42 bits per heavy atom. The number of anilines is 2. The van der Waals surface area contributed by atoms with Crippen LogP contribution in [0.2, 0.25) is 0 Å². The highest BCUT2D eigenvalue weighted by Gasteiger charge is 2.23. The summed E-state index contributed by atoms with van der Waals surface area (Å²) >= 11 is 0. The zero-order chi connectivity index (χ0) is 23.7. The highest BCUT2D eigenvalue weighted by atomic mass is 16.5. The number of benzene rings is 2. The molecule has 170 valence electrons. The van der Waals surface area contributed by atoms with Crippen molar-refractivity contribution in [3.63, 3.8) is 0 Å². The third-order valence-electron chi connectivity index (χ3n) is 5.34. The van der Waals surface area contributed by atoms with Gasteiger partial charge in [0.25, 0.3) is 10.9 Å². The number of fused-ring (bicyclic) bond motifs is 1. The average molecular weight is 449 g/mol. The second kappa shape index (κ2) is 8.70. The molecule has 9 nitrogen and oxygen atoms in total. The molecule has 2 N–H and O–H groups in total. The molecular formula is C24H23N3O6. The average Bonchev–Trinajstić information content (AvgIpc) is 2.83. The summed E-state index contributed by atoms with van der Waals surface area (Å²) in [6.07, 6.45) is 0. The lowest BCUT2D eigenvalue weighted by atomic mass is 10.1. The van der Waals surface area contributed by atoms with Gasteiger partial charge in [0.1, 0.15) is 22.3 Å². The number of aromatic nitrogens is 1. The van der Waals surface area contributed by atoms with E-state index in [1.165, 1.54) is 7.11 Å². The summed E-state index contributed by atoms with van der Waals surface area (Å²) in [5.41, 5.74) is 0.386. The van der Waals surface area contributed by atoms with Gasteiger partial charge in [0.05, 0.1) is 19.7 Å². The minimum absolute atomic E-state index is 0.0899. The van der Waals surface area contributed by atoms with E-state index in [9.17, 15) is 14.4 Å². The van der Waals surface area contributed by atoms with Crippen molar-refractivity contribution in [2.24, 2.45) is 0 Å². The predicted molar refractivity (Wildman–Crippen MR) is 124 cm³/mol. The van der Waals surface area contributed by atoms with Crippen molar-refractivity contribution in [3.8, 4) is 5.75 Å². The van der Waals surface area contributed by atoms with E-state index in [1.807, 2.05) is 37.2 Å². The molecule has 9 heteroatoms. The first-order chi connectivity index (χ1) is 15.8. The van der Waals surface area contributed by atoms with Crippen LogP contribution in [-0.2, 0) is 11.3 Å². The molecule has 1 heterocycles. The van der Waals surface area contributed by atoms with E-state index in [0.29, 0.717) is 16.8 Å². The molecule has 0 radical (unpaired) electrons. The largest absolute Gasteiger partial charge is 0.497 e. The molecule has 2 aliphatic rings. The zero-order valence-electron chi connectivity index (χ0n) is 18.6. The smallest absolute Gasteiger partial charge is 0.342 e. The molecule has 4 rings (SSSR count). The van der Waals surface area contributed by atoms with E-state index in [2.05, 4.69) is 10.3 Å². The SMILES string of the molecule is COC(=O)c1c(NCc2ccc(OC)cc2)c(=O)c(=O)c2oc3cc(N(C)C)ccc3[nH]c1=2. The third-order valence-corrected chi connectivity index (χ3v) is 5.34. The number of carbonyl (C=O) groups is 1. The van der Waals surface area contributed by atoms with Crippen LogP contribution in [0.15, 0.2) is 56.5 Å². The van der Waals surface area contributed by atoms with Crippen LogP contribution in [0.25, 0.3) is 11.1 Å². The van der Waals surface area contributed by atoms with Crippen molar-refractivity contribution in [3.05, 3.63) is 84.8 Å². The van der Waals surface area contributed by atoms with Gasteiger partial charge in [-0.25, -0.2) is 4.79 Å². The molecule has 1 aliphatic heterocycles. The van der Waals surface area contributed by atoms with Crippen molar-refractivity contribution in [1.82, 2.24) is 4.98 Å². The van der Waals surface area contributed by atoms with Gasteiger partial charge in [-0.2, -0.15) is 0 Å². The van der Waals surface area contributed by atoms with Gasteiger partial charge in [-0.05, 0) is 29.8 Å². The van der Waals surface area contributed by atoms with Crippen molar-refractivity contribution in [2.75, 3.05) is 38.5 Å². The Morgan fingerprint density at radius 2 is 1.79 bits per heavy atom. The molecule has 2 aromatic carbocycles. The molecule has 0 fully saturated rings. The summed E-state index contributed by atoms with van der Waals surface area (Å²) in [5, 5.41) is 3.02. The monoisotopic (exact) mass is 449 g/mol. The number of nitrogens with one attached hydrogen (secondary N) is 2. The number of aromatic amines is 1. The number of carbonyl (C=O) groups excluding carboxylic acids is 1. The van der Waals surface area contributed by atoms with Crippen LogP contribution in [0.3, 0.4) is 0 Å². The Kier molecular flexibility index (Phi) is 5.78. The fourth-order valence-electron chi connectivity index (χ4n) is 3.53. The second-order valence-corrected chi connectivity index (χ2v) is 7.61. The van der Waals surface area contributed by atoms with Gasteiger partial charge in [-0.3, -0.25) is 9.59 Å². The summed E-state index contributed by atoms with van der Waals surface area (Å²) < 4.78 is 15.9. The Morgan fingerprint density at radius 1 is 1.06 bits per heavy atom. The van der Waals surface area contributed by atoms with Crippen LogP contribution < -0.4 is 25.8 Å². The highest BCUT2D eigenvalue weighted by molar-refractivity contribution is 5.95. The van der Waals surface area contributed by atoms with Crippen molar-refractivity contribution in [1.29, 1.82) is 0 Å². The van der Waals surface area contributed by atoms with Gasteiger partial charge >= 0.3 is 5.97 Å². The number of hydrogen-bond donors (Lipinski definition) is 2. The van der Waals surface area contributed by atoms with Gasteiger partial charge in [0.15, 0.2) is 5.58 Å². The molecule has 0 bridgehead atoms. The van der Waals surface area contributed by atoms with Gasteiger partial charge < -0.3 is 29.1 Å². The second-order valence-electron chi connectivity index (χ2n) is 7.61. The van der Waals surface area contributed by atoms with Crippen LogP contribution in [0.4, 0.5) is 11.4 Å². The summed E-state index contributed by atoms with van der Waals surface area (Å²) in [4.78, 5) is 43.5. The first kappa shape index (κ1) is 21.9. The number of ether oxygens (including phenoxy) is 2. The molecule has 0 aromatic heterocycles. The maximum atomic E-state index is 13.0. The first-order valence-electron chi connectivity index (χ1n) is 10.1. The Bertz CT molecular complexity index is 1520. The summed E-state index contributed by atoms with van der Waals surface area (Å²) in [5.74, 6) is -0.0865. The molecule has 0 amide bonds. The number of methoxy groups -OCH3 is 2. The number of hydrogen-bond acceptors (Lipinski definition) is 8. The maximum Gasteiger partial charge on any atom is 0.342 e. The third kappa shape index (κ3) is 4.00. The van der Waals surface area contributed by atoms with E-state index >= 15 is 0 Å².